The largest absolute Gasteiger partial charge is 0.288 e. The molecule has 0 saturated carbocycles. The van der Waals surface area contributed by atoms with Crippen LogP contribution in [-0.2, 0) is 0 Å². The van der Waals surface area contributed by atoms with Crippen molar-refractivity contribution in [2.45, 2.75) is 13.8 Å². The van der Waals surface area contributed by atoms with Crippen LogP contribution in [0.25, 0.3) is 0 Å². The van der Waals surface area contributed by atoms with Gasteiger partial charge in [0.2, 0.25) is 0 Å². The highest BCUT2D eigenvalue weighted by Crippen LogP contribution is 2.04. The normalized spacial score (nSPS) is 11.2. The van der Waals surface area contributed by atoms with E-state index < -0.39 is 0 Å². The average molecular weight is 173 g/mol. The summed E-state index contributed by atoms with van der Waals surface area (Å²) in [6.07, 6.45) is 2.09. The Balaban J connectivity index is 3.00. The lowest BCUT2D eigenvalue weighted by Gasteiger charge is -2.00. The van der Waals surface area contributed by atoms with Crippen LogP contribution >= 0.6 is 0 Å². The minimum absolute atomic E-state index is 1.04. The Morgan fingerprint density at radius 2 is 1.77 bits per heavy atom. The Labute approximate surface area is 79.8 Å². The summed E-state index contributed by atoms with van der Waals surface area (Å²) in [6.45, 7) is 4.16. The van der Waals surface area contributed by atoms with Crippen molar-refractivity contribution >= 4 is 5.71 Å². The van der Waals surface area contributed by atoms with Gasteiger partial charge in [-0.3, -0.25) is 4.99 Å². The number of allylic oxidation sites excluding steroid dienone is 2. The van der Waals surface area contributed by atoms with Gasteiger partial charge in [-0.05, 0) is 25.5 Å². The molecule has 0 heterocycles. The van der Waals surface area contributed by atoms with Crippen LogP contribution in [0.15, 0.2) is 47.0 Å². The van der Waals surface area contributed by atoms with Crippen LogP contribution in [0.5, 0.6) is 0 Å². The summed E-state index contributed by atoms with van der Waals surface area (Å²) in [7, 11) is 1.82. The van der Waals surface area contributed by atoms with Crippen molar-refractivity contribution in [3.8, 4) is 0 Å². The van der Waals surface area contributed by atoms with Gasteiger partial charge < -0.3 is 0 Å². The number of benzene rings is 1. The molecule has 0 aromatic heterocycles. The Kier molecular flexibility index (Phi) is 3.44. The summed E-state index contributed by atoms with van der Waals surface area (Å²) in [6, 6.07) is 10.2. The van der Waals surface area contributed by atoms with Crippen molar-refractivity contribution < 1.29 is 0 Å². The number of nitrogens with zero attached hydrogens (tertiary/aromatic N) is 1. The molecule has 0 aliphatic heterocycles. The van der Waals surface area contributed by atoms with E-state index in [1.807, 2.05) is 25.2 Å². The summed E-state index contributed by atoms with van der Waals surface area (Å²) in [4.78, 5) is 4.24. The summed E-state index contributed by atoms with van der Waals surface area (Å²) in [5.41, 5.74) is 3.48. The Hall–Kier alpha value is -1.37. The fourth-order valence-electron chi connectivity index (χ4n) is 1.16. The van der Waals surface area contributed by atoms with Gasteiger partial charge in [0.1, 0.15) is 0 Å². The van der Waals surface area contributed by atoms with E-state index in [1.165, 1.54) is 11.1 Å². The Bertz CT molecular complexity index is 316. The van der Waals surface area contributed by atoms with Crippen LogP contribution in [0.3, 0.4) is 0 Å². The fourth-order valence-corrected chi connectivity index (χ4v) is 1.16. The molecular formula is C12H15N. The first-order chi connectivity index (χ1) is 6.24. The lowest BCUT2D eigenvalue weighted by Crippen LogP contribution is -1.96. The van der Waals surface area contributed by atoms with E-state index in [2.05, 4.69) is 37.0 Å². The summed E-state index contributed by atoms with van der Waals surface area (Å²) < 4.78 is 0. The SMILES string of the molecule is C/N=C(\C=C(C)C)c1ccccc1. The van der Waals surface area contributed by atoms with Gasteiger partial charge in [-0.15, -0.1) is 0 Å². The van der Waals surface area contributed by atoms with Gasteiger partial charge in [0.25, 0.3) is 0 Å². The maximum atomic E-state index is 4.24. The highest BCUT2D eigenvalue weighted by Gasteiger charge is 1.96. The van der Waals surface area contributed by atoms with Gasteiger partial charge in [0.15, 0.2) is 0 Å². The highest BCUT2D eigenvalue weighted by molar-refractivity contribution is 6.08. The van der Waals surface area contributed by atoms with Crippen molar-refractivity contribution in [1.82, 2.24) is 0 Å². The fraction of sp³-hybridized carbons (Fsp3) is 0.250. The minimum Gasteiger partial charge on any atom is -0.288 e. The van der Waals surface area contributed by atoms with Crippen molar-refractivity contribution in [2.24, 2.45) is 4.99 Å². The molecule has 0 atom stereocenters. The molecule has 0 saturated heterocycles. The molecule has 0 amide bonds. The smallest absolute Gasteiger partial charge is 0.0642 e. The van der Waals surface area contributed by atoms with Crippen LogP contribution in [0.2, 0.25) is 0 Å². The standard InChI is InChI=1S/C12H15N/c1-10(2)9-12(13-3)11-7-5-4-6-8-11/h4-9H,1-3H3/b13-12+. The van der Waals surface area contributed by atoms with E-state index in [1.54, 1.807) is 0 Å². The molecule has 0 bridgehead atoms. The zero-order valence-electron chi connectivity index (χ0n) is 8.41. The van der Waals surface area contributed by atoms with Gasteiger partial charge in [-0.1, -0.05) is 35.9 Å². The van der Waals surface area contributed by atoms with Gasteiger partial charge in [-0.2, -0.15) is 0 Å². The third-order valence-corrected chi connectivity index (χ3v) is 1.74. The quantitative estimate of drug-likeness (QED) is 0.609. The third kappa shape index (κ3) is 2.86. The van der Waals surface area contributed by atoms with E-state index in [9.17, 15) is 0 Å². The molecule has 0 fully saturated rings. The molecule has 1 nitrogen and oxygen atoms in total. The molecule has 1 heteroatoms. The van der Waals surface area contributed by atoms with Crippen LogP contribution in [-0.4, -0.2) is 12.8 Å². The zero-order chi connectivity index (χ0) is 9.68. The van der Waals surface area contributed by atoms with Gasteiger partial charge >= 0.3 is 0 Å². The van der Waals surface area contributed by atoms with Crippen molar-refractivity contribution in [3.63, 3.8) is 0 Å². The molecule has 68 valence electrons. The Morgan fingerprint density at radius 1 is 1.15 bits per heavy atom. The van der Waals surface area contributed by atoms with Gasteiger partial charge in [-0.25, -0.2) is 0 Å². The predicted octanol–water partition coefficient (Wildman–Crippen LogP) is 3.07. The van der Waals surface area contributed by atoms with Gasteiger partial charge in [0, 0.05) is 7.05 Å². The molecule has 1 aromatic carbocycles. The van der Waals surface area contributed by atoms with Crippen molar-refractivity contribution in [2.75, 3.05) is 7.05 Å². The van der Waals surface area contributed by atoms with E-state index in [4.69, 9.17) is 0 Å². The molecule has 0 N–H and O–H groups in total. The Morgan fingerprint density at radius 3 is 2.23 bits per heavy atom. The topological polar surface area (TPSA) is 12.4 Å². The summed E-state index contributed by atoms with van der Waals surface area (Å²) in [5, 5.41) is 0. The molecule has 0 aliphatic rings. The van der Waals surface area contributed by atoms with Crippen LogP contribution in [0.4, 0.5) is 0 Å². The van der Waals surface area contributed by atoms with Crippen molar-refractivity contribution in [1.29, 1.82) is 0 Å². The lowest BCUT2D eigenvalue weighted by molar-refractivity contribution is 1.38. The molecule has 1 aromatic rings. The first-order valence-electron chi connectivity index (χ1n) is 4.41. The highest BCUT2D eigenvalue weighted by atomic mass is 14.7. The first kappa shape index (κ1) is 9.72. The third-order valence-electron chi connectivity index (χ3n) is 1.74. The maximum Gasteiger partial charge on any atom is 0.0642 e. The summed E-state index contributed by atoms with van der Waals surface area (Å²) >= 11 is 0. The zero-order valence-corrected chi connectivity index (χ0v) is 8.41. The number of rotatable bonds is 2. The van der Waals surface area contributed by atoms with Crippen LogP contribution < -0.4 is 0 Å². The summed E-state index contributed by atoms with van der Waals surface area (Å²) in [5.74, 6) is 0. The monoisotopic (exact) mass is 173 g/mol. The molecule has 0 unspecified atom stereocenters. The van der Waals surface area contributed by atoms with Crippen LogP contribution in [0, 0.1) is 0 Å². The number of hydrogen-bond donors (Lipinski definition) is 0. The molecule has 1 rings (SSSR count). The van der Waals surface area contributed by atoms with Crippen LogP contribution in [0.1, 0.15) is 19.4 Å². The lowest BCUT2D eigenvalue weighted by atomic mass is 10.1. The second kappa shape index (κ2) is 4.61. The van der Waals surface area contributed by atoms with Gasteiger partial charge in [0.05, 0.1) is 5.71 Å². The maximum absolute atomic E-state index is 4.24. The second-order valence-corrected chi connectivity index (χ2v) is 3.20. The number of aliphatic imine (C=N–C) groups is 1. The second-order valence-electron chi connectivity index (χ2n) is 3.20. The predicted molar refractivity (Wildman–Crippen MR) is 58.3 cm³/mol. The molecule has 13 heavy (non-hydrogen) atoms. The average Bonchev–Trinajstić information content (AvgIpc) is 2.15. The molecule has 0 aliphatic carbocycles. The van der Waals surface area contributed by atoms with E-state index in [0.29, 0.717) is 0 Å². The molecular weight excluding hydrogens is 158 g/mol. The van der Waals surface area contributed by atoms with E-state index >= 15 is 0 Å². The minimum atomic E-state index is 1.04. The molecule has 0 radical (unpaired) electrons. The number of hydrogen-bond acceptors (Lipinski definition) is 1. The first-order valence-corrected chi connectivity index (χ1v) is 4.41. The van der Waals surface area contributed by atoms with E-state index in [0.717, 1.165) is 5.71 Å². The van der Waals surface area contributed by atoms with E-state index in [-0.39, 0.29) is 0 Å². The molecule has 0 spiro atoms. The van der Waals surface area contributed by atoms with Crippen molar-refractivity contribution in [3.05, 3.63) is 47.5 Å².